The number of aliphatic hydroxyl groups is 1. The second-order valence-corrected chi connectivity index (χ2v) is 5.03. The van der Waals surface area contributed by atoms with Crippen LogP contribution in [0, 0.1) is 0 Å². The van der Waals surface area contributed by atoms with E-state index in [0.717, 1.165) is 5.56 Å². The molecule has 0 fully saturated rings. The zero-order valence-electron chi connectivity index (χ0n) is 10.1. The van der Waals surface area contributed by atoms with Gasteiger partial charge in [0.25, 0.3) is 0 Å². The summed E-state index contributed by atoms with van der Waals surface area (Å²) in [5.74, 6) is 0.690. The van der Waals surface area contributed by atoms with Crippen molar-refractivity contribution in [3.8, 4) is 5.75 Å². The fraction of sp³-hybridized carbons (Fsp3) is 0.538. The first-order valence-corrected chi connectivity index (χ1v) is 6.16. The quantitative estimate of drug-likeness (QED) is 0.904. The number of halogens is 1. The van der Waals surface area contributed by atoms with Gasteiger partial charge in [-0.25, -0.2) is 0 Å². The Morgan fingerprint density at radius 2 is 2.35 bits per heavy atom. The molecule has 0 saturated heterocycles. The van der Waals surface area contributed by atoms with Gasteiger partial charge in [0, 0.05) is 23.6 Å². The van der Waals surface area contributed by atoms with E-state index in [4.69, 9.17) is 21.1 Å². The maximum absolute atomic E-state index is 10.1. The molecule has 0 radical (unpaired) electrons. The van der Waals surface area contributed by atoms with E-state index in [1.165, 1.54) is 0 Å². The first-order chi connectivity index (χ1) is 8.04. The van der Waals surface area contributed by atoms with Crippen LogP contribution in [-0.2, 0) is 4.74 Å². The van der Waals surface area contributed by atoms with E-state index >= 15 is 0 Å². The molecule has 0 spiro atoms. The molecular weight excluding hydrogens is 240 g/mol. The normalized spacial score (nSPS) is 27.4. The lowest BCUT2D eigenvalue weighted by molar-refractivity contribution is -0.0574. The zero-order chi connectivity index (χ0) is 12.5. The van der Waals surface area contributed by atoms with Crippen LogP contribution >= 0.6 is 11.6 Å². The molecule has 3 nitrogen and oxygen atoms in total. The molecule has 1 aliphatic rings. The molecule has 1 heterocycles. The third-order valence-corrected chi connectivity index (χ3v) is 3.16. The lowest BCUT2D eigenvalue weighted by Gasteiger charge is -2.38. The Balaban J connectivity index is 2.23. The molecule has 0 saturated carbocycles. The first kappa shape index (κ1) is 12.7. The summed E-state index contributed by atoms with van der Waals surface area (Å²) < 4.78 is 11.3. The largest absolute Gasteiger partial charge is 0.485 e. The molecule has 2 atom stereocenters. The highest BCUT2D eigenvalue weighted by atomic mass is 35.5. The fourth-order valence-corrected chi connectivity index (χ4v) is 2.29. The molecule has 1 aromatic carbocycles. The number of aliphatic hydroxyl groups excluding tert-OH is 1. The highest BCUT2D eigenvalue weighted by Crippen LogP contribution is 2.40. The average Bonchev–Trinajstić information content (AvgIpc) is 2.28. The Kier molecular flexibility index (Phi) is 3.61. The minimum absolute atomic E-state index is 0.475. The van der Waals surface area contributed by atoms with Gasteiger partial charge in [-0.15, -0.1) is 0 Å². The smallest absolute Gasteiger partial charge is 0.132 e. The summed E-state index contributed by atoms with van der Waals surface area (Å²) in [4.78, 5) is 0. The van der Waals surface area contributed by atoms with Gasteiger partial charge in [0.05, 0.1) is 12.7 Å². The third kappa shape index (κ3) is 2.73. The van der Waals surface area contributed by atoms with Gasteiger partial charge in [-0.3, -0.25) is 0 Å². The topological polar surface area (TPSA) is 38.7 Å². The standard InChI is InChI=1S/C13H17ClO3/c1-3-16-8-13(2)7-11(15)10-6-9(14)4-5-12(10)17-13/h4-6,11,15H,3,7-8H2,1-2H3/t11-,13?/m0/s1. The van der Waals surface area contributed by atoms with Crippen LogP contribution in [0.3, 0.4) is 0 Å². The van der Waals surface area contributed by atoms with Crippen LogP contribution in [-0.4, -0.2) is 23.9 Å². The summed E-state index contributed by atoms with van der Waals surface area (Å²) in [5.41, 5.74) is 0.280. The minimum atomic E-state index is -0.553. The second kappa shape index (κ2) is 4.84. The second-order valence-electron chi connectivity index (χ2n) is 4.59. The molecular formula is C13H17ClO3. The van der Waals surface area contributed by atoms with Gasteiger partial charge in [0.15, 0.2) is 0 Å². The van der Waals surface area contributed by atoms with Crippen molar-refractivity contribution in [1.82, 2.24) is 0 Å². The van der Waals surface area contributed by atoms with Gasteiger partial charge in [-0.2, -0.15) is 0 Å². The molecule has 4 heteroatoms. The summed E-state index contributed by atoms with van der Waals surface area (Å²) >= 11 is 5.91. The van der Waals surface area contributed by atoms with Crippen LogP contribution in [0.2, 0.25) is 5.02 Å². The van der Waals surface area contributed by atoms with Crippen LogP contribution in [0.4, 0.5) is 0 Å². The van der Waals surface area contributed by atoms with E-state index in [-0.39, 0.29) is 0 Å². The molecule has 0 aromatic heterocycles. The van der Waals surface area contributed by atoms with E-state index < -0.39 is 11.7 Å². The summed E-state index contributed by atoms with van der Waals surface area (Å²) in [6.45, 7) is 5.00. The predicted molar refractivity (Wildman–Crippen MR) is 66.6 cm³/mol. The Bertz CT molecular complexity index is 408. The number of hydrogen-bond acceptors (Lipinski definition) is 3. The van der Waals surface area contributed by atoms with Gasteiger partial charge < -0.3 is 14.6 Å². The Labute approximate surface area is 106 Å². The summed E-state index contributed by atoms with van der Waals surface area (Å²) in [6.07, 6.45) is -0.0386. The first-order valence-electron chi connectivity index (χ1n) is 5.78. The van der Waals surface area contributed by atoms with Gasteiger partial charge in [-0.05, 0) is 32.0 Å². The lowest BCUT2D eigenvalue weighted by Crippen LogP contribution is -2.42. The van der Waals surface area contributed by atoms with Gasteiger partial charge in [0.2, 0.25) is 0 Å². The van der Waals surface area contributed by atoms with Crippen LogP contribution in [0.1, 0.15) is 31.9 Å². The van der Waals surface area contributed by atoms with E-state index in [1.54, 1.807) is 18.2 Å². The van der Waals surface area contributed by atoms with Crippen molar-refractivity contribution in [3.63, 3.8) is 0 Å². The third-order valence-electron chi connectivity index (χ3n) is 2.92. The molecule has 1 N–H and O–H groups in total. The highest BCUT2D eigenvalue weighted by molar-refractivity contribution is 6.30. The number of rotatable bonds is 3. The SMILES string of the molecule is CCOCC1(C)C[C@H](O)c2cc(Cl)ccc2O1. The molecule has 94 valence electrons. The van der Waals surface area contributed by atoms with Crippen molar-refractivity contribution in [2.45, 2.75) is 32.0 Å². The molecule has 1 unspecified atom stereocenters. The summed E-state index contributed by atoms with van der Waals surface area (Å²) in [6, 6.07) is 5.31. The molecule has 2 rings (SSSR count). The monoisotopic (exact) mass is 256 g/mol. The molecule has 1 aromatic rings. The van der Waals surface area contributed by atoms with Crippen LogP contribution in [0.5, 0.6) is 5.75 Å². The number of hydrogen-bond donors (Lipinski definition) is 1. The number of fused-ring (bicyclic) bond motifs is 1. The Hall–Kier alpha value is -0.770. The van der Waals surface area contributed by atoms with Gasteiger partial charge in [-0.1, -0.05) is 11.6 Å². The fourth-order valence-electron chi connectivity index (χ4n) is 2.11. The highest BCUT2D eigenvalue weighted by Gasteiger charge is 2.36. The van der Waals surface area contributed by atoms with E-state index in [0.29, 0.717) is 30.4 Å². The molecule has 0 aliphatic carbocycles. The summed E-state index contributed by atoms with van der Waals surface area (Å²) in [7, 11) is 0. The Morgan fingerprint density at radius 1 is 1.59 bits per heavy atom. The maximum Gasteiger partial charge on any atom is 0.132 e. The molecule has 0 bridgehead atoms. The number of ether oxygens (including phenoxy) is 2. The van der Waals surface area contributed by atoms with Gasteiger partial charge in [0.1, 0.15) is 11.4 Å². The van der Waals surface area contributed by atoms with Crippen molar-refractivity contribution < 1.29 is 14.6 Å². The number of benzene rings is 1. The maximum atomic E-state index is 10.1. The van der Waals surface area contributed by atoms with E-state index in [2.05, 4.69) is 0 Å². The van der Waals surface area contributed by atoms with Crippen molar-refractivity contribution in [3.05, 3.63) is 28.8 Å². The van der Waals surface area contributed by atoms with Crippen molar-refractivity contribution in [1.29, 1.82) is 0 Å². The lowest BCUT2D eigenvalue weighted by atomic mass is 9.91. The van der Waals surface area contributed by atoms with Crippen molar-refractivity contribution in [2.75, 3.05) is 13.2 Å². The van der Waals surface area contributed by atoms with Crippen LogP contribution < -0.4 is 4.74 Å². The van der Waals surface area contributed by atoms with Gasteiger partial charge >= 0.3 is 0 Å². The van der Waals surface area contributed by atoms with Crippen LogP contribution in [0.25, 0.3) is 0 Å². The summed E-state index contributed by atoms with van der Waals surface area (Å²) in [5, 5.41) is 10.7. The van der Waals surface area contributed by atoms with E-state index in [1.807, 2.05) is 13.8 Å². The molecule has 17 heavy (non-hydrogen) atoms. The molecule has 1 aliphatic heterocycles. The van der Waals surface area contributed by atoms with E-state index in [9.17, 15) is 5.11 Å². The van der Waals surface area contributed by atoms with Crippen molar-refractivity contribution in [2.24, 2.45) is 0 Å². The zero-order valence-corrected chi connectivity index (χ0v) is 10.8. The minimum Gasteiger partial charge on any atom is -0.485 e. The molecule has 0 amide bonds. The van der Waals surface area contributed by atoms with Crippen molar-refractivity contribution >= 4 is 11.6 Å². The Morgan fingerprint density at radius 3 is 3.06 bits per heavy atom. The predicted octanol–water partition coefficient (Wildman–Crippen LogP) is 2.95. The van der Waals surface area contributed by atoms with Crippen LogP contribution in [0.15, 0.2) is 18.2 Å². The average molecular weight is 257 g/mol.